The largest absolute Gasteiger partial charge is 0.437 e. The van der Waals surface area contributed by atoms with Gasteiger partial charge < -0.3 is 9.73 Å². The fourth-order valence-corrected chi connectivity index (χ4v) is 3.68. The van der Waals surface area contributed by atoms with Crippen molar-refractivity contribution < 1.29 is 14.0 Å². The summed E-state index contributed by atoms with van der Waals surface area (Å²) in [7, 11) is 1.64. The van der Waals surface area contributed by atoms with Crippen molar-refractivity contribution in [2.24, 2.45) is 5.92 Å². The van der Waals surface area contributed by atoms with Crippen molar-refractivity contribution in [1.29, 1.82) is 0 Å². The Hall–Kier alpha value is -3.55. The molecule has 0 unspecified atom stereocenters. The van der Waals surface area contributed by atoms with Gasteiger partial charge in [0.2, 0.25) is 0 Å². The summed E-state index contributed by atoms with van der Waals surface area (Å²) in [4.78, 5) is 40.1. The van der Waals surface area contributed by atoms with E-state index in [9.17, 15) is 9.59 Å². The first-order valence-electron chi connectivity index (χ1n) is 9.83. The number of carbonyl (C=O) groups is 2. The van der Waals surface area contributed by atoms with E-state index in [1.807, 2.05) is 44.2 Å². The molecule has 8 heteroatoms. The van der Waals surface area contributed by atoms with E-state index < -0.39 is 11.9 Å². The van der Waals surface area contributed by atoms with Crippen molar-refractivity contribution in [2.45, 2.75) is 32.2 Å². The van der Waals surface area contributed by atoms with E-state index in [0.717, 1.165) is 11.3 Å². The highest BCUT2D eigenvalue weighted by molar-refractivity contribution is 6.01. The Bertz CT molecular complexity index is 1070. The lowest BCUT2D eigenvalue weighted by Crippen LogP contribution is -2.50. The number of rotatable bonds is 4. The second-order valence-corrected chi connectivity index (χ2v) is 7.56. The predicted octanol–water partition coefficient (Wildman–Crippen LogP) is 2.57. The molecule has 0 saturated carbocycles. The number of fused-ring (bicyclic) bond motifs is 1. The van der Waals surface area contributed by atoms with Gasteiger partial charge in [0.25, 0.3) is 11.8 Å². The SMILES string of the molecule is C[C@@H]1[C@H](NC(=O)c2ncc(Cc3ccccc3)o2)C(=O)N(C)c2nccnc2[C@@H]1C. The van der Waals surface area contributed by atoms with Crippen molar-refractivity contribution in [1.82, 2.24) is 20.3 Å². The Morgan fingerprint density at radius 3 is 2.63 bits per heavy atom. The molecule has 1 aromatic carbocycles. The van der Waals surface area contributed by atoms with Crippen LogP contribution in [0.25, 0.3) is 0 Å². The number of oxazole rings is 1. The summed E-state index contributed by atoms with van der Waals surface area (Å²) >= 11 is 0. The normalized spacial score (nSPS) is 21.1. The predicted molar refractivity (Wildman–Crippen MR) is 110 cm³/mol. The molecular formula is C22H23N5O3. The van der Waals surface area contributed by atoms with Gasteiger partial charge in [-0.25, -0.2) is 9.97 Å². The van der Waals surface area contributed by atoms with Crippen LogP contribution >= 0.6 is 0 Å². The lowest BCUT2D eigenvalue weighted by molar-refractivity contribution is -0.121. The van der Waals surface area contributed by atoms with Crippen LogP contribution in [-0.4, -0.2) is 39.9 Å². The zero-order valence-corrected chi connectivity index (χ0v) is 17.1. The van der Waals surface area contributed by atoms with Gasteiger partial charge in [0.1, 0.15) is 11.8 Å². The summed E-state index contributed by atoms with van der Waals surface area (Å²) in [6.45, 7) is 3.90. The molecule has 1 aliphatic rings. The lowest BCUT2D eigenvalue weighted by atomic mass is 9.87. The second-order valence-electron chi connectivity index (χ2n) is 7.56. The van der Waals surface area contributed by atoms with Gasteiger partial charge in [-0.2, -0.15) is 0 Å². The number of hydrogen-bond donors (Lipinski definition) is 1. The van der Waals surface area contributed by atoms with Crippen LogP contribution in [0, 0.1) is 5.92 Å². The van der Waals surface area contributed by atoms with Crippen LogP contribution < -0.4 is 10.2 Å². The van der Waals surface area contributed by atoms with E-state index >= 15 is 0 Å². The summed E-state index contributed by atoms with van der Waals surface area (Å²) in [6, 6.07) is 9.03. The molecule has 1 aliphatic heterocycles. The number of amides is 2. The van der Waals surface area contributed by atoms with Gasteiger partial charge in [-0.15, -0.1) is 0 Å². The maximum absolute atomic E-state index is 13.1. The second kappa shape index (κ2) is 8.06. The molecule has 0 fully saturated rings. The minimum Gasteiger partial charge on any atom is -0.437 e. The Kier molecular flexibility index (Phi) is 5.31. The standard InChI is InChI=1S/C22H23N5O3/c1-13-14(2)18(22(29)27(3)19-17(13)23-9-10-24-19)26-20(28)21-25-12-16(30-21)11-15-7-5-4-6-8-15/h4-10,12-14,18H,11H2,1-3H3,(H,26,28)/t13-,14+,18+/m1/s1. The molecule has 2 amide bonds. The number of carbonyl (C=O) groups excluding carboxylic acids is 2. The van der Waals surface area contributed by atoms with E-state index in [2.05, 4.69) is 20.3 Å². The molecule has 30 heavy (non-hydrogen) atoms. The van der Waals surface area contributed by atoms with Crippen LogP contribution in [0.3, 0.4) is 0 Å². The summed E-state index contributed by atoms with van der Waals surface area (Å²) in [5.74, 6) is -0.0105. The average Bonchev–Trinajstić information content (AvgIpc) is 3.22. The molecule has 4 rings (SSSR count). The molecule has 154 valence electrons. The van der Waals surface area contributed by atoms with E-state index in [0.29, 0.717) is 18.0 Å². The van der Waals surface area contributed by atoms with Gasteiger partial charge in [0, 0.05) is 31.8 Å². The van der Waals surface area contributed by atoms with Gasteiger partial charge >= 0.3 is 5.91 Å². The van der Waals surface area contributed by atoms with Gasteiger partial charge in [-0.3, -0.25) is 19.5 Å². The third-order valence-corrected chi connectivity index (χ3v) is 5.62. The Morgan fingerprint density at radius 1 is 1.13 bits per heavy atom. The first-order valence-corrected chi connectivity index (χ1v) is 9.83. The highest BCUT2D eigenvalue weighted by Crippen LogP contribution is 2.34. The first-order chi connectivity index (χ1) is 14.5. The van der Waals surface area contributed by atoms with Gasteiger partial charge in [0.05, 0.1) is 11.9 Å². The third-order valence-electron chi connectivity index (χ3n) is 5.62. The van der Waals surface area contributed by atoms with Crippen LogP contribution in [-0.2, 0) is 11.2 Å². The molecule has 0 bridgehead atoms. The van der Waals surface area contributed by atoms with Crippen molar-refractivity contribution in [2.75, 3.05) is 11.9 Å². The molecule has 3 heterocycles. The monoisotopic (exact) mass is 405 g/mol. The minimum absolute atomic E-state index is 0.0609. The van der Waals surface area contributed by atoms with E-state index in [1.165, 1.54) is 4.90 Å². The highest BCUT2D eigenvalue weighted by Gasteiger charge is 2.40. The minimum atomic E-state index is -0.752. The summed E-state index contributed by atoms with van der Waals surface area (Å²) in [5.41, 5.74) is 1.79. The average molecular weight is 405 g/mol. The number of anilines is 1. The molecular weight excluding hydrogens is 382 g/mol. The van der Waals surface area contributed by atoms with Crippen molar-refractivity contribution in [3.63, 3.8) is 0 Å². The maximum atomic E-state index is 13.1. The molecule has 1 N–H and O–H groups in total. The number of benzene rings is 1. The maximum Gasteiger partial charge on any atom is 0.307 e. The van der Waals surface area contributed by atoms with E-state index in [-0.39, 0.29) is 23.6 Å². The highest BCUT2D eigenvalue weighted by atomic mass is 16.4. The Morgan fingerprint density at radius 2 is 1.87 bits per heavy atom. The number of nitrogens with one attached hydrogen (secondary N) is 1. The fraction of sp³-hybridized carbons (Fsp3) is 0.318. The number of likely N-dealkylation sites (N-methyl/N-ethyl adjacent to an activating group) is 1. The number of aromatic nitrogens is 3. The molecule has 2 aromatic heterocycles. The Labute approximate surface area is 174 Å². The van der Waals surface area contributed by atoms with Crippen LogP contribution in [0.4, 0.5) is 5.82 Å². The molecule has 0 radical (unpaired) electrons. The molecule has 8 nitrogen and oxygen atoms in total. The van der Waals surface area contributed by atoms with Crippen LogP contribution in [0.5, 0.6) is 0 Å². The molecule has 0 aliphatic carbocycles. The topological polar surface area (TPSA) is 101 Å². The van der Waals surface area contributed by atoms with Crippen LogP contribution in [0.2, 0.25) is 0 Å². The summed E-state index contributed by atoms with van der Waals surface area (Å²) in [5, 5.41) is 2.81. The fourth-order valence-electron chi connectivity index (χ4n) is 3.68. The van der Waals surface area contributed by atoms with Crippen LogP contribution in [0.1, 0.15) is 47.5 Å². The van der Waals surface area contributed by atoms with Crippen molar-refractivity contribution in [3.05, 3.63) is 71.8 Å². The zero-order chi connectivity index (χ0) is 21.3. The molecule has 0 saturated heterocycles. The van der Waals surface area contributed by atoms with Gasteiger partial charge in [-0.05, 0) is 11.5 Å². The molecule has 0 spiro atoms. The van der Waals surface area contributed by atoms with Crippen LogP contribution in [0.15, 0.2) is 53.3 Å². The first kappa shape index (κ1) is 19.8. The smallest absolute Gasteiger partial charge is 0.307 e. The van der Waals surface area contributed by atoms with Gasteiger partial charge in [-0.1, -0.05) is 44.2 Å². The quantitative estimate of drug-likeness (QED) is 0.716. The van der Waals surface area contributed by atoms with Crippen molar-refractivity contribution >= 4 is 17.6 Å². The lowest BCUT2D eigenvalue weighted by Gasteiger charge is -2.25. The number of nitrogens with zero attached hydrogens (tertiary/aromatic N) is 4. The number of hydrogen-bond acceptors (Lipinski definition) is 6. The Balaban J connectivity index is 1.52. The summed E-state index contributed by atoms with van der Waals surface area (Å²) < 4.78 is 5.64. The van der Waals surface area contributed by atoms with E-state index in [1.54, 1.807) is 25.6 Å². The van der Waals surface area contributed by atoms with Crippen molar-refractivity contribution in [3.8, 4) is 0 Å². The molecule has 3 aromatic rings. The van der Waals surface area contributed by atoms with E-state index in [4.69, 9.17) is 4.42 Å². The molecule has 3 atom stereocenters. The third kappa shape index (κ3) is 3.68. The zero-order valence-electron chi connectivity index (χ0n) is 17.1. The van der Waals surface area contributed by atoms with Gasteiger partial charge in [0.15, 0.2) is 5.82 Å². The summed E-state index contributed by atoms with van der Waals surface area (Å²) in [6.07, 6.45) is 5.24.